The van der Waals surface area contributed by atoms with Crippen LogP contribution in [-0.4, -0.2) is 21.0 Å². The van der Waals surface area contributed by atoms with Gasteiger partial charge in [-0.05, 0) is 48.5 Å². The highest BCUT2D eigenvalue weighted by molar-refractivity contribution is 6.09. The molecule has 0 spiro atoms. The van der Waals surface area contributed by atoms with E-state index in [4.69, 9.17) is 6.42 Å². The van der Waals surface area contributed by atoms with Crippen LogP contribution < -0.4 is 5.32 Å². The van der Waals surface area contributed by atoms with Gasteiger partial charge in [-0.15, -0.1) is 6.42 Å². The first kappa shape index (κ1) is 15.6. The summed E-state index contributed by atoms with van der Waals surface area (Å²) in [5.41, 5.74) is 3.05. The van der Waals surface area contributed by atoms with E-state index in [-0.39, 0.29) is 5.56 Å². The Labute approximate surface area is 149 Å². The van der Waals surface area contributed by atoms with E-state index in [1.807, 2.05) is 36.4 Å². The van der Waals surface area contributed by atoms with Crippen LogP contribution in [0.15, 0.2) is 60.8 Å². The zero-order valence-corrected chi connectivity index (χ0v) is 13.6. The molecule has 0 bridgehead atoms. The SMILES string of the molecule is C#Cc1cccc(Nc2nc3cc(C(=O)O)ccc3c3ncccc23)c1. The molecule has 0 unspecified atom stereocenters. The first-order chi connectivity index (χ1) is 12.7. The van der Waals surface area contributed by atoms with Crippen LogP contribution in [0.3, 0.4) is 0 Å². The molecule has 4 aromatic rings. The molecule has 2 aromatic heterocycles. The van der Waals surface area contributed by atoms with Gasteiger partial charge in [0.05, 0.1) is 16.6 Å². The lowest BCUT2D eigenvalue weighted by atomic mass is 10.1. The van der Waals surface area contributed by atoms with Crippen molar-refractivity contribution in [3.8, 4) is 12.3 Å². The third-order valence-corrected chi connectivity index (χ3v) is 4.09. The topological polar surface area (TPSA) is 75.1 Å². The molecule has 5 nitrogen and oxygen atoms in total. The normalized spacial score (nSPS) is 10.6. The average molecular weight is 339 g/mol. The van der Waals surface area contributed by atoms with Crippen LogP contribution in [0.2, 0.25) is 0 Å². The second kappa shape index (κ2) is 6.19. The van der Waals surface area contributed by atoms with Gasteiger partial charge in [-0.1, -0.05) is 12.0 Å². The molecule has 2 aromatic carbocycles. The van der Waals surface area contributed by atoms with Crippen molar-refractivity contribution in [1.82, 2.24) is 9.97 Å². The number of pyridine rings is 2. The van der Waals surface area contributed by atoms with E-state index in [0.29, 0.717) is 11.3 Å². The number of anilines is 2. The minimum absolute atomic E-state index is 0.181. The molecule has 0 saturated carbocycles. The maximum atomic E-state index is 11.3. The van der Waals surface area contributed by atoms with Gasteiger partial charge in [-0.25, -0.2) is 9.78 Å². The Morgan fingerprint density at radius 2 is 1.96 bits per heavy atom. The predicted molar refractivity (Wildman–Crippen MR) is 102 cm³/mol. The Morgan fingerprint density at radius 1 is 1.08 bits per heavy atom. The number of hydrogen-bond donors (Lipinski definition) is 2. The zero-order chi connectivity index (χ0) is 18.1. The van der Waals surface area contributed by atoms with Gasteiger partial charge in [0.15, 0.2) is 0 Å². The van der Waals surface area contributed by atoms with Crippen LogP contribution in [-0.2, 0) is 0 Å². The lowest BCUT2D eigenvalue weighted by Crippen LogP contribution is -2.00. The van der Waals surface area contributed by atoms with Gasteiger partial charge in [0, 0.05) is 28.2 Å². The van der Waals surface area contributed by atoms with Crippen LogP contribution in [0.4, 0.5) is 11.5 Å². The molecular weight excluding hydrogens is 326 g/mol. The molecule has 124 valence electrons. The maximum Gasteiger partial charge on any atom is 0.335 e. The number of carboxylic acid groups (broad SMARTS) is 1. The summed E-state index contributed by atoms with van der Waals surface area (Å²) < 4.78 is 0. The molecule has 0 saturated heterocycles. The first-order valence-corrected chi connectivity index (χ1v) is 7.91. The van der Waals surface area contributed by atoms with Crippen molar-refractivity contribution in [2.45, 2.75) is 0 Å². The molecule has 0 atom stereocenters. The number of rotatable bonds is 3. The van der Waals surface area contributed by atoms with E-state index in [9.17, 15) is 9.90 Å². The van der Waals surface area contributed by atoms with Crippen molar-refractivity contribution in [2.24, 2.45) is 0 Å². The molecule has 4 rings (SSSR count). The number of benzene rings is 2. The fourth-order valence-corrected chi connectivity index (χ4v) is 2.87. The highest BCUT2D eigenvalue weighted by atomic mass is 16.4. The van der Waals surface area contributed by atoms with Crippen LogP contribution >= 0.6 is 0 Å². The van der Waals surface area contributed by atoms with Gasteiger partial charge >= 0.3 is 5.97 Å². The van der Waals surface area contributed by atoms with Crippen LogP contribution in [0.5, 0.6) is 0 Å². The lowest BCUT2D eigenvalue weighted by Gasteiger charge is -2.11. The molecule has 0 amide bonds. The number of aromatic carboxylic acids is 1. The van der Waals surface area contributed by atoms with Crippen molar-refractivity contribution in [2.75, 3.05) is 5.32 Å². The van der Waals surface area contributed by atoms with Crippen molar-refractivity contribution in [3.63, 3.8) is 0 Å². The number of nitrogens with zero attached hydrogens (tertiary/aromatic N) is 2. The van der Waals surface area contributed by atoms with Gasteiger partial charge < -0.3 is 10.4 Å². The number of fused-ring (bicyclic) bond motifs is 3. The molecular formula is C21H13N3O2. The second-order valence-corrected chi connectivity index (χ2v) is 5.75. The second-order valence-electron chi connectivity index (χ2n) is 5.75. The van der Waals surface area contributed by atoms with Crippen LogP contribution in [0, 0.1) is 12.3 Å². The first-order valence-electron chi connectivity index (χ1n) is 7.91. The van der Waals surface area contributed by atoms with Crippen molar-refractivity contribution >= 4 is 39.3 Å². The molecule has 0 aliphatic heterocycles. The Balaban J connectivity index is 1.94. The number of hydrogen-bond acceptors (Lipinski definition) is 4. The van der Waals surface area contributed by atoms with E-state index < -0.39 is 5.97 Å². The summed E-state index contributed by atoms with van der Waals surface area (Å²) in [6, 6.07) is 16.1. The van der Waals surface area contributed by atoms with E-state index in [1.165, 1.54) is 0 Å². The molecule has 5 heteroatoms. The van der Waals surface area contributed by atoms with Gasteiger partial charge in [-0.2, -0.15) is 0 Å². The maximum absolute atomic E-state index is 11.3. The monoisotopic (exact) mass is 339 g/mol. The summed E-state index contributed by atoms with van der Waals surface area (Å²) in [5, 5.41) is 14.2. The Bertz CT molecular complexity index is 1210. The van der Waals surface area contributed by atoms with E-state index >= 15 is 0 Å². The summed E-state index contributed by atoms with van der Waals surface area (Å²) >= 11 is 0. The molecule has 0 fully saturated rings. The quantitative estimate of drug-likeness (QED) is 0.432. The third kappa shape index (κ3) is 2.70. The third-order valence-electron chi connectivity index (χ3n) is 4.09. The zero-order valence-electron chi connectivity index (χ0n) is 13.6. The van der Waals surface area contributed by atoms with Gasteiger partial charge in [0.1, 0.15) is 5.82 Å². The minimum atomic E-state index is -0.994. The standard InChI is InChI=1S/C21H13N3O2/c1-2-13-5-3-6-15(11-13)23-20-17-7-4-10-22-19(17)16-9-8-14(21(25)26)12-18(16)24-20/h1,3-12H,(H,23,24)(H,25,26). The number of carboxylic acids is 1. The van der Waals surface area contributed by atoms with Gasteiger partial charge in [-0.3, -0.25) is 4.98 Å². The highest BCUT2D eigenvalue weighted by Crippen LogP contribution is 2.30. The average Bonchev–Trinajstić information content (AvgIpc) is 2.68. The molecule has 26 heavy (non-hydrogen) atoms. The molecule has 2 heterocycles. The highest BCUT2D eigenvalue weighted by Gasteiger charge is 2.12. The largest absolute Gasteiger partial charge is 0.478 e. The number of carbonyl (C=O) groups is 1. The van der Waals surface area contributed by atoms with Crippen molar-refractivity contribution in [1.29, 1.82) is 0 Å². The molecule has 0 radical (unpaired) electrons. The fraction of sp³-hybridized carbons (Fsp3) is 0. The van der Waals surface area contributed by atoms with E-state index in [1.54, 1.807) is 24.4 Å². The molecule has 0 aliphatic rings. The van der Waals surface area contributed by atoms with Gasteiger partial charge in [0.25, 0.3) is 0 Å². The lowest BCUT2D eigenvalue weighted by molar-refractivity contribution is 0.0697. The van der Waals surface area contributed by atoms with E-state index in [0.717, 1.165) is 27.5 Å². The smallest absolute Gasteiger partial charge is 0.335 e. The summed E-state index contributed by atoms with van der Waals surface area (Å²) in [5.74, 6) is 2.20. The summed E-state index contributed by atoms with van der Waals surface area (Å²) in [4.78, 5) is 20.4. The Hall–Kier alpha value is -3.91. The fourth-order valence-electron chi connectivity index (χ4n) is 2.87. The molecule has 0 aliphatic carbocycles. The summed E-state index contributed by atoms with van der Waals surface area (Å²) in [6.07, 6.45) is 7.17. The van der Waals surface area contributed by atoms with Crippen LogP contribution in [0.1, 0.15) is 15.9 Å². The Kier molecular flexibility index (Phi) is 3.71. The number of aromatic nitrogens is 2. The number of nitrogens with one attached hydrogen (secondary N) is 1. The minimum Gasteiger partial charge on any atom is -0.478 e. The van der Waals surface area contributed by atoms with Crippen LogP contribution in [0.25, 0.3) is 21.8 Å². The predicted octanol–water partition coefficient (Wildman–Crippen LogP) is 4.21. The number of terminal acetylenes is 1. The van der Waals surface area contributed by atoms with Crippen molar-refractivity contribution in [3.05, 3.63) is 71.9 Å². The van der Waals surface area contributed by atoms with Crippen molar-refractivity contribution < 1.29 is 9.90 Å². The summed E-state index contributed by atoms with van der Waals surface area (Å²) in [6.45, 7) is 0. The summed E-state index contributed by atoms with van der Waals surface area (Å²) in [7, 11) is 0. The Morgan fingerprint density at radius 3 is 2.77 bits per heavy atom. The van der Waals surface area contributed by atoms with E-state index in [2.05, 4.69) is 21.2 Å². The molecule has 2 N–H and O–H groups in total. The van der Waals surface area contributed by atoms with Gasteiger partial charge in [0.2, 0.25) is 0 Å².